The number of hydrogen-bond acceptors (Lipinski definition) is 5. The first-order valence-electron chi connectivity index (χ1n) is 8.76. The van der Waals surface area contributed by atoms with E-state index in [0.717, 1.165) is 29.7 Å². The number of rotatable bonds is 8. The lowest BCUT2D eigenvalue weighted by Crippen LogP contribution is -2.24. The van der Waals surface area contributed by atoms with E-state index in [1.807, 2.05) is 19.2 Å². The Hall–Kier alpha value is -1.73. The third-order valence-corrected chi connectivity index (χ3v) is 6.65. The molecule has 0 aliphatic carbocycles. The molecule has 0 aliphatic rings. The highest BCUT2D eigenvalue weighted by atomic mass is 32.2. The van der Waals surface area contributed by atoms with Gasteiger partial charge in [-0.25, -0.2) is 13.4 Å². The lowest BCUT2D eigenvalue weighted by atomic mass is 9.99. The molecule has 0 radical (unpaired) electrons. The summed E-state index contributed by atoms with van der Waals surface area (Å²) in [6, 6.07) is 4.20. The van der Waals surface area contributed by atoms with Crippen LogP contribution >= 0.6 is 11.3 Å². The summed E-state index contributed by atoms with van der Waals surface area (Å²) in [6.07, 6.45) is 2.40. The Kier molecular flexibility index (Phi) is 6.94. The van der Waals surface area contributed by atoms with Crippen molar-refractivity contribution in [2.75, 3.05) is 16.8 Å². The SMILES string of the molecule is CCCCCS(=O)(=O)CC(=O)Nc1nc(-c2cc(C)c(C)cc2C)cs1. The molecule has 5 nitrogen and oxygen atoms in total. The molecule has 1 N–H and O–H groups in total. The van der Waals surface area contributed by atoms with E-state index in [9.17, 15) is 13.2 Å². The van der Waals surface area contributed by atoms with Crippen molar-refractivity contribution in [3.8, 4) is 11.3 Å². The predicted octanol–water partition coefficient (Wildman–Crippen LogP) is 4.28. The minimum Gasteiger partial charge on any atom is -0.301 e. The summed E-state index contributed by atoms with van der Waals surface area (Å²) < 4.78 is 23.9. The minimum atomic E-state index is -3.37. The Bertz CT molecular complexity index is 886. The molecule has 0 fully saturated rings. The first kappa shape index (κ1) is 20.6. The normalized spacial score (nSPS) is 11.5. The first-order chi connectivity index (χ1) is 12.2. The number of hydrogen-bond donors (Lipinski definition) is 1. The van der Waals surface area contributed by atoms with E-state index in [1.54, 1.807) is 0 Å². The maximum atomic E-state index is 12.0. The summed E-state index contributed by atoms with van der Waals surface area (Å²) in [4.78, 5) is 16.5. The van der Waals surface area contributed by atoms with Crippen LogP contribution in [-0.2, 0) is 14.6 Å². The van der Waals surface area contributed by atoms with Crippen LogP contribution in [0.15, 0.2) is 17.5 Å². The van der Waals surface area contributed by atoms with Gasteiger partial charge in [-0.2, -0.15) is 0 Å². The summed E-state index contributed by atoms with van der Waals surface area (Å²) in [5.74, 6) is -0.966. The number of nitrogens with zero attached hydrogens (tertiary/aromatic N) is 1. The zero-order valence-corrected chi connectivity index (χ0v) is 17.4. The average Bonchev–Trinajstić information content (AvgIpc) is 2.98. The van der Waals surface area contributed by atoms with Gasteiger partial charge in [0.05, 0.1) is 11.4 Å². The van der Waals surface area contributed by atoms with Crippen LogP contribution in [0.5, 0.6) is 0 Å². The summed E-state index contributed by atoms with van der Waals surface area (Å²) in [5, 5.41) is 4.91. The molecule has 1 aromatic carbocycles. The Morgan fingerprint density at radius 2 is 1.81 bits per heavy atom. The van der Waals surface area contributed by atoms with Crippen LogP contribution < -0.4 is 5.32 Å². The summed E-state index contributed by atoms with van der Waals surface area (Å²) >= 11 is 1.30. The minimum absolute atomic E-state index is 0.0548. The molecule has 0 aliphatic heterocycles. The van der Waals surface area contributed by atoms with Crippen LogP contribution in [-0.4, -0.2) is 30.8 Å². The quantitative estimate of drug-likeness (QED) is 0.678. The van der Waals surface area contributed by atoms with Crippen molar-refractivity contribution in [3.63, 3.8) is 0 Å². The van der Waals surface area contributed by atoms with Crippen LogP contribution in [0.1, 0.15) is 42.9 Å². The van der Waals surface area contributed by atoms with Crippen LogP contribution in [0.3, 0.4) is 0 Å². The van der Waals surface area contributed by atoms with E-state index < -0.39 is 21.5 Å². The molecule has 0 bridgehead atoms. The summed E-state index contributed by atoms with van der Waals surface area (Å²) in [7, 11) is -3.37. The molecule has 0 saturated heterocycles. The van der Waals surface area contributed by atoms with Gasteiger partial charge in [-0.15, -0.1) is 11.3 Å². The zero-order chi connectivity index (χ0) is 19.3. The van der Waals surface area contributed by atoms with Gasteiger partial charge in [-0.1, -0.05) is 25.8 Å². The molecule has 26 heavy (non-hydrogen) atoms. The van der Waals surface area contributed by atoms with Crippen LogP contribution in [0.2, 0.25) is 0 Å². The van der Waals surface area contributed by atoms with Gasteiger partial charge >= 0.3 is 0 Å². The summed E-state index contributed by atoms with van der Waals surface area (Å²) in [5.41, 5.74) is 5.34. The van der Waals surface area contributed by atoms with Crippen molar-refractivity contribution in [3.05, 3.63) is 34.2 Å². The molecule has 1 amide bonds. The van der Waals surface area contributed by atoms with Gasteiger partial charge in [0, 0.05) is 10.9 Å². The number of carbonyl (C=O) groups excluding carboxylic acids is 1. The van der Waals surface area contributed by atoms with Crippen molar-refractivity contribution in [1.29, 1.82) is 0 Å². The van der Waals surface area contributed by atoms with Crippen molar-refractivity contribution in [2.45, 2.75) is 47.0 Å². The van der Waals surface area contributed by atoms with E-state index in [4.69, 9.17) is 0 Å². The maximum Gasteiger partial charge on any atom is 0.241 e. The fourth-order valence-corrected chi connectivity index (χ4v) is 4.68. The van der Waals surface area contributed by atoms with Crippen molar-refractivity contribution < 1.29 is 13.2 Å². The molecule has 1 aromatic heterocycles. The molecular formula is C19H26N2O3S2. The van der Waals surface area contributed by atoms with Gasteiger partial charge in [0.15, 0.2) is 15.0 Å². The standard InChI is InChI=1S/C19H26N2O3S2/c1-5-6-7-8-26(23,24)12-18(22)21-19-20-17(11-25-19)16-10-14(3)13(2)9-15(16)4/h9-11H,5-8,12H2,1-4H3,(H,20,21,22). The third kappa shape index (κ3) is 5.64. The monoisotopic (exact) mass is 394 g/mol. The molecule has 1 heterocycles. The lowest BCUT2D eigenvalue weighted by molar-refractivity contribution is -0.113. The smallest absolute Gasteiger partial charge is 0.241 e. The van der Waals surface area contributed by atoms with Gasteiger partial charge < -0.3 is 5.32 Å². The van der Waals surface area contributed by atoms with Gasteiger partial charge in [-0.05, 0) is 49.9 Å². The maximum absolute atomic E-state index is 12.0. The van der Waals surface area contributed by atoms with Crippen LogP contribution in [0.25, 0.3) is 11.3 Å². The Balaban J connectivity index is 2.04. The lowest BCUT2D eigenvalue weighted by Gasteiger charge is -2.07. The van der Waals surface area contributed by atoms with E-state index in [0.29, 0.717) is 11.6 Å². The number of thiazole rings is 1. The number of amides is 1. The Morgan fingerprint density at radius 1 is 1.12 bits per heavy atom. The van der Waals surface area contributed by atoms with Crippen LogP contribution in [0, 0.1) is 20.8 Å². The second kappa shape index (κ2) is 8.77. The van der Waals surface area contributed by atoms with E-state index in [2.05, 4.69) is 36.3 Å². The average molecular weight is 395 g/mol. The topological polar surface area (TPSA) is 76.1 Å². The molecule has 2 rings (SSSR count). The number of unbranched alkanes of at least 4 members (excludes halogenated alkanes) is 2. The third-order valence-electron chi connectivity index (χ3n) is 4.28. The molecule has 0 spiro atoms. The van der Waals surface area contributed by atoms with Crippen molar-refractivity contribution in [2.24, 2.45) is 0 Å². The molecule has 142 valence electrons. The number of anilines is 1. The van der Waals surface area contributed by atoms with E-state index in [-0.39, 0.29) is 5.75 Å². The fourth-order valence-electron chi connectivity index (χ4n) is 2.69. The Labute approximate surface area is 159 Å². The summed E-state index contributed by atoms with van der Waals surface area (Å²) in [6.45, 7) is 8.16. The number of aromatic nitrogens is 1. The second-order valence-electron chi connectivity index (χ2n) is 6.64. The van der Waals surface area contributed by atoms with Crippen LogP contribution in [0.4, 0.5) is 5.13 Å². The molecule has 0 atom stereocenters. The number of benzene rings is 1. The molecular weight excluding hydrogens is 368 g/mol. The van der Waals surface area contributed by atoms with Crippen molar-refractivity contribution >= 4 is 32.2 Å². The van der Waals surface area contributed by atoms with Gasteiger partial charge in [0.25, 0.3) is 0 Å². The fraction of sp³-hybridized carbons (Fsp3) is 0.474. The van der Waals surface area contributed by atoms with Gasteiger partial charge in [0.2, 0.25) is 5.91 Å². The van der Waals surface area contributed by atoms with Gasteiger partial charge in [0.1, 0.15) is 5.75 Å². The number of aryl methyl sites for hydroxylation is 3. The van der Waals surface area contributed by atoms with E-state index >= 15 is 0 Å². The van der Waals surface area contributed by atoms with Gasteiger partial charge in [-0.3, -0.25) is 4.79 Å². The second-order valence-corrected chi connectivity index (χ2v) is 9.68. The largest absolute Gasteiger partial charge is 0.301 e. The Morgan fingerprint density at radius 3 is 2.50 bits per heavy atom. The predicted molar refractivity (Wildman–Crippen MR) is 109 cm³/mol. The number of carbonyl (C=O) groups is 1. The first-order valence-corrected chi connectivity index (χ1v) is 11.5. The van der Waals surface area contributed by atoms with Crippen molar-refractivity contribution in [1.82, 2.24) is 4.98 Å². The zero-order valence-electron chi connectivity index (χ0n) is 15.8. The highest BCUT2D eigenvalue weighted by Gasteiger charge is 2.18. The molecule has 7 heteroatoms. The molecule has 2 aromatic rings. The molecule has 0 saturated carbocycles. The van der Waals surface area contributed by atoms with E-state index in [1.165, 1.54) is 22.5 Å². The number of nitrogens with one attached hydrogen (secondary N) is 1. The number of sulfone groups is 1. The highest BCUT2D eigenvalue weighted by Crippen LogP contribution is 2.29. The molecule has 0 unspecified atom stereocenters. The highest BCUT2D eigenvalue weighted by molar-refractivity contribution is 7.92.